The molecule has 1 aliphatic heterocycles. The van der Waals surface area contributed by atoms with Crippen LogP contribution in [0, 0.1) is 0 Å². The van der Waals surface area contributed by atoms with Gasteiger partial charge in [0.25, 0.3) is 0 Å². The number of nitrogens with one attached hydrogen (secondary N) is 1. The van der Waals surface area contributed by atoms with E-state index in [4.69, 9.17) is 0 Å². The van der Waals surface area contributed by atoms with Crippen molar-refractivity contribution in [3.05, 3.63) is 65.2 Å². The first-order valence-corrected chi connectivity index (χ1v) is 10.4. The van der Waals surface area contributed by atoms with E-state index in [0.29, 0.717) is 25.9 Å². The maximum atomic E-state index is 12.7. The van der Waals surface area contributed by atoms with Crippen molar-refractivity contribution in [1.82, 2.24) is 9.62 Å². The van der Waals surface area contributed by atoms with Gasteiger partial charge in [-0.05, 0) is 42.2 Å². The zero-order valence-electron chi connectivity index (χ0n) is 15.1. The predicted octanol–water partition coefficient (Wildman–Crippen LogP) is 3.02. The summed E-state index contributed by atoms with van der Waals surface area (Å²) in [5.74, 6) is 0.130. The molecular weight excluding hydrogens is 348 g/mol. The zero-order chi connectivity index (χ0) is 18.7. The molecule has 26 heavy (non-hydrogen) atoms. The van der Waals surface area contributed by atoms with Crippen LogP contribution in [0.15, 0.2) is 53.4 Å². The van der Waals surface area contributed by atoms with E-state index in [1.807, 2.05) is 55.1 Å². The Morgan fingerprint density at radius 1 is 1.15 bits per heavy atom. The van der Waals surface area contributed by atoms with Gasteiger partial charge < -0.3 is 4.90 Å². The molecule has 6 heteroatoms. The second kappa shape index (κ2) is 7.60. The SMILES string of the molecule is CCC(=O)N1CCc2cc(S(=O)(=O)N[C@@H](C)c3ccccc3)ccc2C1. The highest BCUT2D eigenvalue weighted by Gasteiger charge is 2.23. The van der Waals surface area contributed by atoms with Crippen molar-refractivity contribution in [2.45, 2.75) is 44.2 Å². The average Bonchev–Trinajstić information content (AvgIpc) is 2.66. The first-order chi connectivity index (χ1) is 12.4. The number of amides is 1. The molecule has 1 heterocycles. The van der Waals surface area contributed by atoms with Crippen molar-refractivity contribution in [2.24, 2.45) is 0 Å². The molecule has 2 aromatic rings. The van der Waals surface area contributed by atoms with Crippen LogP contribution in [0.4, 0.5) is 0 Å². The first kappa shape index (κ1) is 18.6. The maximum Gasteiger partial charge on any atom is 0.241 e. The van der Waals surface area contributed by atoms with E-state index in [2.05, 4.69) is 4.72 Å². The lowest BCUT2D eigenvalue weighted by molar-refractivity contribution is -0.131. The maximum absolute atomic E-state index is 12.7. The molecule has 0 spiro atoms. The fraction of sp³-hybridized carbons (Fsp3) is 0.350. The third-order valence-corrected chi connectivity index (χ3v) is 6.33. The fourth-order valence-corrected chi connectivity index (χ4v) is 4.53. The van der Waals surface area contributed by atoms with Gasteiger partial charge in [0.2, 0.25) is 15.9 Å². The number of nitrogens with zero attached hydrogens (tertiary/aromatic N) is 1. The molecule has 0 aliphatic carbocycles. The van der Waals surface area contributed by atoms with Crippen LogP contribution in [0.5, 0.6) is 0 Å². The zero-order valence-corrected chi connectivity index (χ0v) is 15.9. The first-order valence-electron chi connectivity index (χ1n) is 8.87. The summed E-state index contributed by atoms with van der Waals surface area (Å²) in [5, 5.41) is 0. The topological polar surface area (TPSA) is 66.5 Å². The Kier molecular flexibility index (Phi) is 5.44. The Bertz CT molecular complexity index is 895. The lowest BCUT2D eigenvalue weighted by atomic mass is 10.00. The van der Waals surface area contributed by atoms with Crippen LogP contribution in [-0.4, -0.2) is 25.8 Å². The van der Waals surface area contributed by atoms with Gasteiger partial charge in [0.05, 0.1) is 4.90 Å². The highest BCUT2D eigenvalue weighted by molar-refractivity contribution is 7.89. The predicted molar refractivity (Wildman–Crippen MR) is 101 cm³/mol. The van der Waals surface area contributed by atoms with Crippen LogP contribution in [0.25, 0.3) is 0 Å². The van der Waals surface area contributed by atoms with E-state index in [-0.39, 0.29) is 16.8 Å². The van der Waals surface area contributed by atoms with Crippen molar-refractivity contribution < 1.29 is 13.2 Å². The number of carbonyl (C=O) groups is 1. The summed E-state index contributed by atoms with van der Waals surface area (Å²) < 4.78 is 28.2. The second-order valence-electron chi connectivity index (χ2n) is 6.60. The summed E-state index contributed by atoms with van der Waals surface area (Å²) in [6, 6.07) is 14.4. The number of carbonyl (C=O) groups excluding carboxylic acids is 1. The molecule has 1 N–H and O–H groups in total. The van der Waals surface area contributed by atoms with Crippen molar-refractivity contribution in [1.29, 1.82) is 0 Å². The molecule has 3 rings (SSSR count). The highest BCUT2D eigenvalue weighted by atomic mass is 32.2. The summed E-state index contributed by atoms with van der Waals surface area (Å²) in [5.41, 5.74) is 2.94. The summed E-state index contributed by atoms with van der Waals surface area (Å²) in [4.78, 5) is 14.0. The van der Waals surface area contributed by atoms with E-state index < -0.39 is 10.0 Å². The number of sulfonamides is 1. The van der Waals surface area contributed by atoms with Crippen molar-refractivity contribution >= 4 is 15.9 Å². The molecule has 0 fully saturated rings. The fourth-order valence-electron chi connectivity index (χ4n) is 3.24. The molecule has 0 bridgehead atoms. The number of hydrogen-bond donors (Lipinski definition) is 1. The van der Waals surface area contributed by atoms with Gasteiger partial charge in [-0.2, -0.15) is 0 Å². The normalized spacial score (nSPS) is 15.4. The minimum atomic E-state index is -3.61. The van der Waals surface area contributed by atoms with Gasteiger partial charge in [0.15, 0.2) is 0 Å². The van der Waals surface area contributed by atoms with Gasteiger partial charge >= 0.3 is 0 Å². The van der Waals surface area contributed by atoms with Crippen LogP contribution < -0.4 is 4.72 Å². The number of hydrogen-bond acceptors (Lipinski definition) is 3. The monoisotopic (exact) mass is 372 g/mol. The molecule has 0 saturated heterocycles. The largest absolute Gasteiger partial charge is 0.338 e. The van der Waals surface area contributed by atoms with E-state index >= 15 is 0 Å². The molecule has 0 radical (unpaired) electrons. The molecule has 0 saturated carbocycles. The molecule has 1 amide bonds. The summed E-state index contributed by atoms with van der Waals surface area (Å²) in [6.07, 6.45) is 1.17. The van der Waals surface area contributed by atoms with Crippen molar-refractivity contribution in [3.8, 4) is 0 Å². The number of rotatable bonds is 5. The Balaban J connectivity index is 1.79. The van der Waals surface area contributed by atoms with Gasteiger partial charge in [0, 0.05) is 25.6 Å². The van der Waals surface area contributed by atoms with Crippen molar-refractivity contribution in [3.63, 3.8) is 0 Å². The van der Waals surface area contributed by atoms with E-state index in [1.165, 1.54) is 0 Å². The second-order valence-corrected chi connectivity index (χ2v) is 8.32. The summed E-state index contributed by atoms with van der Waals surface area (Å²) >= 11 is 0. The van der Waals surface area contributed by atoms with Crippen LogP contribution in [0.1, 0.15) is 43.0 Å². The average molecular weight is 372 g/mol. The third kappa shape index (κ3) is 3.97. The molecular formula is C20H24N2O3S. The standard InChI is InChI=1S/C20H24N2O3S/c1-3-20(23)22-12-11-17-13-19(10-9-18(17)14-22)26(24,25)21-15(2)16-7-5-4-6-8-16/h4-10,13,15,21H,3,11-12,14H2,1-2H3/t15-/m0/s1. The van der Waals surface area contributed by atoms with Crippen LogP contribution in [-0.2, 0) is 27.8 Å². The Morgan fingerprint density at radius 2 is 1.88 bits per heavy atom. The van der Waals surface area contributed by atoms with E-state index in [9.17, 15) is 13.2 Å². The van der Waals surface area contributed by atoms with Crippen LogP contribution in [0.2, 0.25) is 0 Å². The van der Waals surface area contributed by atoms with Gasteiger partial charge in [-0.3, -0.25) is 4.79 Å². The molecule has 138 valence electrons. The molecule has 0 unspecified atom stereocenters. The molecule has 1 aliphatic rings. The van der Waals surface area contributed by atoms with Crippen LogP contribution in [0.3, 0.4) is 0 Å². The smallest absolute Gasteiger partial charge is 0.241 e. The Labute approximate surface area is 155 Å². The van der Waals surface area contributed by atoms with Gasteiger partial charge in [-0.15, -0.1) is 0 Å². The number of fused-ring (bicyclic) bond motifs is 1. The van der Waals surface area contributed by atoms with Gasteiger partial charge in [-0.25, -0.2) is 13.1 Å². The van der Waals surface area contributed by atoms with E-state index in [1.54, 1.807) is 12.1 Å². The lowest BCUT2D eigenvalue weighted by Crippen LogP contribution is -2.35. The third-order valence-electron chi connectivity index (χ3n) is 4.79. The van der Waals surface area contributed by atoms with Crippen molar-refractivity contribution in [2.75, 3.05) is 6.54 Å². The molecule has 5 nitrogen and oxygen atoms in total. The number of benzene rings is 2. The summed E-state index contributed by atoms with van der Waals surface area (Å²) in [7, 11) is -3.61. The van der Waals surface area contributed by atoms with Crippen LogP contribution >= 0.6 is 0 Å². The Hall–Kier alpha value is -2.18. The minimum absolute atomic E-state index is 0.130. The highest BCUT2D eigenvalue weighted by Crippen LogP contribution is 2.24. The van der Waals surface area contributed by atoms with E-state index in [0.717, 1.165) is 16.7 Å². The van der Waals surface area contributed by atoms with Gasteiger partial charge in [0.1, 0.15) is 0 Å². The minimum Gasteiger partial charge on any atom is -0.338 e. The summed E-state index contributed by atoms with van der Waals surface area (Å²) in [6.45, 7) is 4.87. The quantitative estimate of drug-likeness (QED) is 0.877. The van der Waals surface area contributed by atoms with Gasteiger partial charge in [-0.1, -0.05) is 43.3 Å². The molecule has 1 atom stereocenters. The molecule has 2 aromatic carbocycles. The lowest BCUT2D eigenvalue weighted by Gasteiger charge is -2.29. The Morgan fingerprint density at radius 3 is 2.58 bits per heavy atom. The molecule has 0 aromatic heterocycles.